The molecular formula is C49H67N11O11S2. The second-order valence-corrected chi connectivity index (χ2v) is 18.3. The summed E-state index contributed by atoms with van der Waals surface area (Å²) in [6.07, 6.45) is -0.745. The number of benzene rings is 3. The van der Waals surface area contributed by atoms with Gasteiger partial charge >= 0.3 is 0 Å². The minimum atomic E-state index is -1.71. The molecule has 24 heteroatoms. The van der Waals surface area contributed by atoms with Crippen molar-refractivity contribution in [3.05, 3.63) is 102 Å². The third-order valence-electron chi connectivity index (χ3n) is 11.7. The van der Waals surface area contributed by atoms with E-state index in [-0.39, 0.29) is 49.5 Å². The SMILES string of the molecule is C[C@@H](O)[C@H](NC(=O)[C@H](CS)NC(=O)[C@@H](NC(=O)[C@H](CCCCN)NC(=O)[C@@H](Cc1c[nH]c2ccccc12)NC(=O)[C@H](Cc1ccc(O)cc1)NC(=O)[C@H](CS)NC(=O)[C@H](N)Cc1ccccc1)[C@@H](C)O)C(N)=O. The molecule has 0 radical (unpaired) electrons. The van der Waals surface area contributed by atoms with Crippen molar-refractivity contribution in [1.29, 1.82) is 0 Å². The van der Waals surface area contributed by atoms with Crippen LogP contribution in [0.15, 0.2) is 85.1 Å². The Morgan fingerprint density at radius 1 is 0.562 bits per heavy atom. The highest BCUT2D eigenvalue weighted by Crippen LogP contribution is 2.20. The van der Waals surface area contributed by atoms with Gasteiger partial charge in [0.15, 0.2) is 0 Å². The number of carbonyl (C=O) groups is 8. The number of thiol groups is 2. The van der Waals surface area contributed by atoms with E-state index in [1.165, 1.54) is 38.1 Å². The zero-order chi connectivity index (χ0) is 53.8. The van der Waals surface area contributed by atoms with Gasteiger partial charge in [-0.25, -0.2) is 0 Å². The van der Waals surface area contributed by atoms with Gasteiger partial charge < -0.3 is 74.7 Å². The van der Waals surface area contributed by atoms with Crippen molar-refractivity contribution in [2.24, 2.45) is 17.2 Å². The number of aromatic nitrogens is 1. The minimum absolute atomic E-state index is 0.0302. The fourth-order valence-corrected chi connectivity index (χ4v) is 8.13. The van der Waals surface area contributed by atoms with Gasteiger partial charge in [-0.3, -0.25) is 38.4 Å². The predicted molar refractivity (Wildman–Crippen MR) is 279 cm³/mol. The summed E-state index contributed by atoms with van der Waals surface area (Å²) in [7, 11) is 0. The Hall–Kier alpha value is -6.70. The maximum atomic E-state index is 14.6. The molecule has 0 unspecified atom stereocenters. The van der Waals surface area contributed by atoms with Crippen LogP contribution in [0.2, 0.25) is 0 Å². The standard InChI is InChI=1S/C49H67N11O11S2/c1-26(61)40(42(52)64)59-48(70)39(25-73)58-49(71)41(27(2)62)60-44(66)35(14-8-9-19-50)54-46(68)37(22-30-23-53-34-13-7-6-12-32(30)34)56-45(67)36(21-29-15-17-31(63)18-16-29)55-47(69)38(24-72)57-43(65)33(51)20-28-10-4-3-5-11-28/h3-7,10-13,15-18,23,26-27,33,35-41,53,61-63,72-73H,8-9,14,19-22,24-25,50-51H2,1-2H3,(H2,52,64)(H,54,68)(H,55,69)(H,56,67)(H,57,65)(H,58,71)(H,59,70)(H,60,66)/t26-,27-,33-,35+,36+,37-,38+,39+,40+,41+/m1/s1. The number of H-pyrrole nitrogens is 1. The topological polar surface area (TPSA) is 375 Å². The molecule has 22 nitrogen and oxygen atoms in total. The number of rotatable bonds is 29. The Balaban J connectivity index is 1.62. The molecule has 0 saturated heterocycles. The number of unbranched alkanes of at least 4 members (excludes halogenated alkanes) is 1. The quantitative estimate of drug-likeness (QED) is 0.0204. The summed E-state index contributed by atoms with van der Waals surface area (Å²) in [6, 6.07) is 10.9. The van der Waals surface area contributed by atoms with Crippen LogP contribution in [0, 0.1) is 0 Å². The molecule has 0 saturated carbocycles. The summed E-state index contributed by atoms with van der Waals surface area (Å²) >= 11 is 8.41. The lowest BCUT2D eigenvalue weighted by Crippen LogP contribution is -2.62. The van der Waals surface area contributed by atoms with Crippen LogP contribution in [0.5, 0.6) is 5.75 Å². The van der Waals surface area contributed by atoms with Crippen molar-refractivity contribution in [3.8, 4) is 5.75 Å². The lowest BCUT2D eigenvalue weighted by atomic mass is 10.0. The van der Waals surface area contributed by atoms with E-state index in [1.807, 2.05) is 12.1 Å². The number of primary amides is 1. The number of aromatic hydroxyl groups is 1. The van der Waals surface area contributed by atoms with Gasteiger partial charge in [0.05, 0.1) is 18.2 Å². The number of nitrogens with one attached hydrogen (secondary N) is 8. The van der Waals surface area contributed by atoms with Crippen molar-refractivity contribution in [3.63, 3.8) is 0 Å². The average molecular weight is 1050 g/mol. The molecule has 396 valence electrons. The molecule has 0 spiro atoms. The second-order valence-electron chi connectivity index (χ2n) is 17.5. The van der Waals surface area contributed by atoms with Gasteiger partial charge in [0, 0.05) is 41.4 Å². The number of amides is 8. The Morgan fingerprint density at radius 2 is 1.04 bits per heavy atom. The maximum absolute atomic E-state index is 14.6. The minimum Gasteiger partial charge on any atom is -0.508 e. The molecule has 1 aromatic heterocycles. The van der Waals surface area contributed by atoms with E-state index in [9.17, 15) is 53.7 Å². The highest BCUT2D eigenvalue weighted by molar-refractivity contribution is 7.80. The number of aromatic amines is 1. The molecule has 0 aliphatic rings. The van der Waals surface area contributed by atoms with Gasteiger partial charge in [0.25, 0.3) is 0 Å². The molecule has 0 aliphatic heterocycles. The van der Waals surface area contributed by atoms with Gasteiger partial charge in [-0.15, -0.1) is 0 Å². The zero-order valence-corrected chi connectivity index (χ0v) is 42.2. The van der Waals surface area contributed by atoms with E-state index >= 15 is 0 Å². The van der Waals surface area contributed by atoms with E-state index in [2.05, 4.69) is 67.5 Å². The van der Waals surface area contributed by atoms with Gasteiger partial charge in [0.1, 0.15) is 48.0 Å². The normalized spacial score (nSPS) is 15.3. The first-order chi connectivity index (χ1) is 34.8. The molecule has 0 fully saturated rings. The van der Waals surface area contributed by atoms with Gasteiger partial charge in [-0.05, 0) is 81.0 Å². The molecule has 73 heavy (non-hydrogen) atoms. The van der Waals surface area contributed by atoms with Crippen molar-refractivity contribution < 1.29 is 53.7 Å². The Labute approximate surface area is 433 Å². The number of fused-ring (bicyclic) bond motifs is 1. The highest BCUT2D eigenvalue weighted by Gasteiger charge is 2.36. The number of aliphatic hydroxyl groups is 2. The third-order valence-corrected chi connectivity index (χ3v) is 12.5. The molecular weight excluding hydrogens is 983 g/mol. The van der Waals surface area contributed by atoms with Crippen LogP contribution in [0.3, 0.4) is 0 Å². The van der Waals surface area contributed by atoms with Crippen LogP contribution in [0.25, 0.3) is 10.9 Å². The summed E-state index contributed by atoms with van der Waals surface area (Å²) in [6.45, 7) is 2.65. The molecule has 4 rings (SSSR count). The Morgan fingerprint density at radius 3 is 1.62 bits per heavy atom. The molecule has 4 aromatic rings. The lowest BCUT2D eigenvalue weighted by Gasteiger charge is -2.28. The van der Waals surface area contributed by atoms with Crippen LogP contribution in [-0.4, -0.2) is 146 Å². The predicted octanol–water partition coefficient (Wildman–Crippen LogP) is -2.14. The zero-order valence-electron chi connectivity index (χ0n) is 40.5. The summed E-state index contributed by atoms with van der Waals surface area (Å²) in [5.41, 5.74) is 19.9. The van der Waals surface area contributed by atoms with Crippen LogP contribution in [0.4, 0.5) is 0 Å². The highest BCUT2D eigenvalue weighted by atomic mass is 32.1. The molecule has 17 N–H and O–H groups in total. The van der Waals surface area contributed by atoms with E-state index < -0.39 is 108 Å². The largest absolute Gasteiger partial charge is 0.508 e. The number of para-hydroxylation sites is 1. The number of aliphatic hydroxyl groups excluding tert-OH is 2. The molecule has 0 bridgehead atoms. The smallest absolute Gasteiger partial charge is 0.245 e. The third kappa shape index (κ3) is 18.1. The first-order valence-corrected chi connectivity index (χ1v) is 24.8. The number of nitrogens with two attached hydrogens (primary N) is 3. The van der Waals surface area contributed by atoms with Crippen molar-refractivity contribution in [2.45, 2.75) is 113 Å². The second kappa shape index (κ2) is 29.1. The number of hydrogen-bond acceptors (Lipinski definition) is 15. The van der Waals surface area contributed by atoms with E-state index in [4.69, 9.17) is 17.2 Å². The van der Waals surface area contributed by atoms with Crippen LogP contribution in [0.1, 0.15) is 49.8 Å². The fraction of sp³-hybridized carbons (Fsp3) is 0.429. The number of phenols is 1. The first kappa shape index (κ1) is 58.9. The van der Waals surface area contributed by atoms with Crippen molar-refractivity contribution in [2.75, 3.05) is 18.1 Å². The Bertz CT molecular complexity index is 2500. The monoisotopic (exact) mass is 1050 g/mol. The molecule has 8 amide bonds. The molecule has 3 aromatic carbocycles. The van der Waals surface area contributed by atoms with Gasteiger partial charge in [0.2, 0.25) is 47.3 Å². The summed E-state index contributed by atoms with van der Waals surface area (Å²) in [4.78, 5) is 112. The Kier molecular flexibility index (Phi) is 23.5. The molecule has 0 aliphatic carbocycles. The maximum Gasteiger partial charge on any atom is 0.245 e. The fourth-order valence-electron chi connectivity index (χ4n) is 7.62. The lowest BCUT2D eigenvalue weighted by molar-refractivity contribution is -0.137. The van der Waals surface area contributed by atoms with Gasteiger partial charge in [-0.1, -0.05) is 60.7 Å². The van der Waals surface area contributed by atoms with Crippen LogP contribution >= 0.6 is 25.3 Å². The molecule has 10 atom stereocenters. The van der Waals surface area contributed by atoms with E-state index in [1.54, 1.807) is 48.7 Å². The first-order valence-electron chi connectivity index (χ1n) is 23.6. The number of carbonyl (C=O) groups excluding carboxylic acids is 8. The summed E-state index contributed by atoms with van der Waals surface area (Å²) in [5.74, 6) is -7.68. The van der Waals surface area contributed by atoms with Crippen molar-refractivity contribution >= 4 is 83.4 Å². The van der Waals surface area contributed by atoms with E-state index in [0.29, 0.717) is 29.4 Å². The number of hydrogen-bond donors (Lipinski definition) is 16. The number of phenolic OH excluding ortho intramolecular Hbond substituents is 1. The van der Waals surface area contributed by atoms with Crippen molar-refractivity contribution in [1.82, 2.24) is 42.2 Å². The summed E-state index contributed by atoms with van der Waals surface area (Å²) in [5, 5.41) is 49.1. The summed E-state index contributed by atoms with van der Waals surface area (Å²) < 4.78 is 0. The average Bonchev–Trinajstić information content (AvgIpc) is 3.77. The van der Waals surface area contributed by atoms with Crippen LogP contribution < -0.4 is 54.4 Å². The molecule has 1 heterocycles. The van der Waals surface area contributed by atoms with E-state index in [0.717, 1.165) is 11.1 Å². The van der Waals surface area contributed by atoms with Gasteiger partial charge in [-0.2, -0.15) is 25.3 Å². The van der Waals surface area contributed by atoms with Crippen LogP contribution in [-0.2, 0) is 57.6 Å².